The van der Waals surface area contributed by atoms with Gasteiger partial charge in [-0.1, -0.05) is 6.92 Å². The van der Waals surface area contributed by atoms with E-state index in [9.17, 15) is 4.79 Å². The molecule has 1 aliphatic rings. The Kier molecular flexibility index (Phi) is 3.06. The van der Waals surface area contributed by atoms with Crippen LogP contribution in [0.4, 0.5) is 0 Å². The van der Waals surface area contributed by atoms with Crippen molar-refractivity contribution < 1.29 is 4.79 Å². The van der Waals surface area contributed by atoms with E-state index in [2.05, 4.69) is 12.2 Å². The molecule has 1 amide bonds. The number of nitrogens with one attached hydrogen (secondary N) is 1. The van der Waals surface area contributed by atoms with Crippen LogP contribution in [-0.4, -0.2) is 23.5 Å². The number of piperidine rings is 1. The zero-order chi connectivity index (χ0) is 7.40. The summed E-state index contributed by atoms with van der Waals surface area (Å²) in [6.07, 6.45) is 2.20. The molecule has 0 aromatic rings. The lowest BCUT2D eigenvalue weighted by Crippen LogP contribution is -2.38. The Hall–Kier alpha value is -0.180. The lowest BCUT2D eigenvalue weighted by Gasteiger charge is -2.20. The molecular weight excluding hydrogens is 146 g/mol. The second-order valence-electron chi connectivity index (χ2n) is 2.38. The van der Waals surface area contributed by atoms with Crippen molar-refractivity contribution in [3.63, 3.8) is 0 Å². The van der Waals surface area contributed by atoms with Gasteiger partial charge in [-0.3, -0.25) is 4.79 Å². The van der Waals surface area contributed by atoms with Gasteiger partial charge in [0.15, 0.2) is 0 Å². The molecule has 0 radical (unpaired) electrons. The van der Waals surface area contributed by atoms with E-state index in [4.69, 9.17) is 0 Å². The third-order valence-corrected chi connectivity index (χ3v) is 2.79. The summed E-state index contributed by atoms with van der Waals surface area (Å²) in [6, 6.07) is 0. The molecule has 2 nitrogen and oxygen atoms in total. The molecule has 0 bridgehead atoms. The third-order valence-electron chi connectivity index (χ3n) is 1.60. The van der Waals surface area contributed by atoms with E-state index in [1.807, 2.05) is 0 Å². The number of carbonyl (C=O) groups excluding carboxylic acids is 1. The SMILES string of the molecule is CCSC1CCCNC1=O. The molecule has 0 aliphatic carbocycles. The molecule has 1 N–H and O–H groups in total. The van der Waals surface area contributed by atoms with E-state index in [-0.39, 0.29) is 11.2 Å². The summed E-state index contributed by atoms with van der Waals surface area (Å²) in [4.78, 5) is 11.1. The molecule has 1 saturated heterocycles. The smallest absolute Gasteiger partial charge is 0.233 e. The second kappa shape index (κ2) is 3.86. The average molecular weight is 159 g/mol. The maximum Gasteiger partial charge on any atom is 0.233 e. The van der Waals surface area contributed by atoms with Crippen molar-refractivity contribution in [2.24, 2.45) is 0 Å². The topological polar surface area (TPSA) is 29.1 Å². The highest BCUT2D eigenvalue weighted by Gasteiger charge is 2.20. The number of thioether (sulfide) groups is 1. The zero-order valence-electron chi connectivity index (χ0n) is 6.22. The Morgan fingerprint density at radius 3 is 3.20 bits per heavy atom. The molecule has 58 valence electrons. The van der Waals surface area contributed by atoms with Crippen molar-refractivity contribution in [1.82, 2.24) is 5.32 Å². The van der Waals surface area contributed by atoms with Crippen molar-refractivity contribution in [2.75, 3.05) is 12.3 Å². The molecule has 1 fully saturated rings. The molecule has 0 aromatic heterocycles. The van der Waals surface area contributed by atoms with E-state index in [0.29, 0.717) is 0 Å². The summed E-state index contributed by atoms with van der Waals surface area (Å²) in [7, 11) is 0. The first-order valence-electron chi connectivity index (χ1n) is 3.74. The predicted octanol–water partition coefficient (Wildman–Crippen LogP) is 1.02. The van der Waals surface area contributed by atoms with E-state index in [1.165, 1.54) is 0 Å². The van der Waals surface area contributed by atoms with Gasteiger partial charge in [-0.2, -0.15) is 0 Å². The van der Waals surface area contributed by atoms with Gasteiger partial charge in [0.2, 0.25) is 5.91 Å². The molecule has 1 heterocycles. The fourth-order valence-corrected chi connectivity index (χ4v) is 2.07. The Labute approximate surface area is 65.8 Å². The molecule has 0 aromatic carbocycles. The molecule has 0 spiro atoms. The lowest BCUT2D eigenvalue weighted by molar-refractivity contribution is -0.121. The Bertz CT molecular complexity index is 125. The van der Waals surface area contributed by atoms with Crippen LogP contribution in [0.2, 0.25) is 0 Å². The van der Waals surface area contributed by atoms with Gasteiger partial charge in [-0.15, -0.1) is 11.8 Å². The molecule has 1 rings (SSSR count). The molecule has 1 atom stereocenters. The minimum absolute atomic E-state index is 0.234. The maximum atomic E-state index is 11.1. The van der Waals surface area contributed by atoms with Crippen LogP contribution in [0.1, 0.15) is 19.8 Å². The van der Waals surface area contributed by atoms with Gasteiger partial charge >= 0.3 is 0 Å². The van der Waals surface area contributed by atoms with E-state index in [0.717, 1.165) is 25.1 Å². The number of rotatable bonds is 2. The Morgan fingerprint density at radius 2 is 2.60 bits per heavy atom. The molecule has 0 saturated carbocycles. The first-order chi connectivity index (χ1) is 4.84. The fourth-order valence-electron chi connectivity index (χ4n) is 1.10. The van der Waals surface area contributed by atoms with E-state index in [1.54, 1.807) is 11.8 Å². The zero-order valence-corrected chi connectivity index (χ0v) is 7.04. The summed E-state index contributed by atoms with van der Waals surface area (Å²) in [5.74, 6) is 1.27. The van der Waals surface area contributed by atoms with Crippen LogP contribution in [0.25, 0.3) is 0 Å². The highest BCUT2D eigenvalue weighted by atomic mass is 32.2. The van der Waals surface area contributed by atoms with E-state index < -0.39 is 0 Å². The van der Waals surface area contributed by atoms with Crippen LogP contribution in [0.15, 0.2) is 0 Å². The van der Waals surface area contributed by atoms with Gasteiger partial charge in [0.25, 0.3) is 0 Å². The number of hydrogen-bond donors (Lipinski definition) is 1. The number of hydrogen-bond acceptors (Lipinski definition) is 2. The summed E-state index contributed by atoms with van der Waals surface area (Å²) in [5, 5.41) is 3.09. The minimum Gasteiger partial charge on any atom is -0.355 e. The summed E-state index contributed by atoms with van der Waals surface area (Å²) in [5.41, 5.74) is 0. The maximum absolute atomic E-state index is 11.1. The standard InChI is InChI=1S/C7H13NOS/c1-2-10-6-4-3-5-8-7(6)9/h6H,2-5H2,1H3,(H,8,9). The summed E-state index contributed by atoms with van der Waals surface area (Å²) in [6.45, 7) is 2.96. The van der Waals surface area contributed by atoms with Crippen molar-refractivity contribution in [1.29, 1.82) is 0 Å². The molecule has 3 heteroatoms. The van der Waals surface area contributed by atoms with Crippen molar-refractivity contribution >= 4 is 17.7 Å². The quantitative estimate of drug-likeness (QED) is 0.651. The minimum atomic E-state index is 0.234. The summed E-state index contributed by atoms with van der Waals surface area (Å²) < 4.78 is 0. The van der Waals surface area contributed by atoms with Gasteiger partial charge < -0.3 is 5.32 Å². The molecule has 1 unspecified atom stereocenters. The van der Waals surface area contributed by atoms with Crippen molar-refractivity contribution in [3.8, 4) is 0 Å². The van der Waals surface area contributed by atoms with Gasteiger partial charge in [-0.05, 0) is 18.6 Å². The lowest BCUT2D eigenvalue weighted by atomic mass is 10.1. The van der Waals surface area contributed by atoms with Gasteiger partial charge in [0.1, 0.15) is 0 Å². The van der Waals surface area contributed by atoms with Crippen LogP contribution in [0.3, 0.4) is 0 Å². The molecule has 1 aliphatic heterocycles. The Balaban J connectivity index is 2.32. The normalized spacial score (nSPS) is 26.1. The molecular formula is C7H13NOS. The third kappa shape index (κ3) is 1.90. The van der Waals surface area contributed by atoms with Crippen LogP contribution in [0.5, 0.6) is 0 Å². The van der Waals surface area contributed by atoms with E-state index >= 15 is 0 Å². The average Bonchev–Trinajstić information content (AvgIpc) is 1.94. The van der Waals surface area contributed by atoms with Crippen molar-refractivity contribution in [3.05, 3.63) is 0 Å². The predicted molar refractivity (Wildman–Crippen MR) is 44.2 cm³/mol. The van der Waals surface area contributed by atoms with Gasteiger partial charge in [0, 0.05) is 6.54 Å². The van der Waals surface area contributed by atoms with Crippen molar-refractivity contribution in [2.45, 2.75) is 25.0 Å². The number of carbonyl (C=O) groups is 1. The largest absolute Gasteiger partial charge is 0.355 e. The highest BCUT2D eigenvalue weighted by Crippen LogP contribution is 2.18. The Morgan fingerprint density at radius 1 is 1.80 bits per heavy atom. The van der Waals surface area contributed by atoms with Gasteiger partial charge in [0.05, 0.1) is 5.25 Å². The second-order valence-corrected chi connectivity index (χ2v) is 3.86. The summed E-state index contributed by atoms with van der Waals surface area (Å²) >= 11 is 1.75. The monoisotopic (exact) mass is 159 g/mol. The highest BCUT2D eigenvalue weighted by molar-refractivity contribution is 8.00. The fraction of sp³-hybridized carbons (Fsp3) is 0.857. The van der Waals surface area contributed by atoms with Gasteiger partial charge in [-0.25, -0.2) is 0 Å². The molecule has 10 heavy (non-hydrogen) atoms. The van der Waals surface area contributed by atoms with Crippen LogP contribution in [-0.2, 0) is 4.79 Å². The first-order valence-corrected chi connectivity index (χ1v) is 4.78. The first kappa shape index (κ1) is 7.92. The van der Waals surface area contributed by atoms with Crippen LogP contribution < -0.4 is 5.32 Å². The van der Waals surface area contributed by atoms with Crippen LogP contribution in [0, 0.1) is 0 Å². The van der Waals surface area contributed by atoms with Crippen LogP contribution >= 0.6 is 11.8 Å². The number of amides is 1.